The van der Waals surface area contributed by atoms with Crippen molar-refractivity contribution in [3.05, 3.63) is 36.0 Å². The van der Waals surface area contributed by atoms with E-state index < -0.39 is 66.2 Å². The number of fused-ring (bicyclic) bond motifs is 1. The lowest BCUT2D eigenvalue weighted by molar-refractivity contribution is -0.143. The Morgan fingerprint density at radius 1 is 0.900 bits per heavy atom. The number of benzene rings is 1. The first kappa shape index (κ1) is 32.2. The molecule has 2 rings (SSSR count). The topological polar surface area (TPSA) is 230 Å². The van der Waals surface area contributed by atoms with Crippen molar-refractivity contribution in [1.82, 2.24) is 20.9 Å². The molecule has 0 saturated heterocycles. The van der Waals surface area contributed by atoms with E-state index in [0.717, 1.165) is 16.5 Å². The van der Waals surface area contributed by atoms with Gasteiger partial charge < -0.3 is 42.6 Å². The monoisotopic (exact) mass is 560 g/mol. The highest BCUT2D eigenvalue weighted by Crippen LogP contribution is 2.19. The van der Waals surface area contributed by atoms with Gasteiger partial charge in [0.1, 0.15) is 18.1 Å². The third kappa shape index (κ3) is 9.65. The number of unbranched alkanes of at least 4 members (excludes halogenated alkanes) is 1. The number of aromatic amines is 1. The van der Waals surface area contributed by atoms with Gasteiger partial charge in [-0.05, 0) is 43.4 Å². The Morgan fingerprint density at radius 3 is 2.20 bits per heavy atom. The summed E-state index contributed by atoms with van der Waals surface area (Å²) in [5.74, 6) is -5.01. The molecule has 0 aliphatic heterocycles. The number of carbonyl (C=O) groups is 5. The van der Waals surface area contributed by atoms with Crippen molar-refractivity contribution in [1.29, 1.82) is 0 Å². The fraction of sp³-hybridized carbons (Fsp3) is 0.519. The number of aliphatic carboxylic acids is 2. The lowest BCUT2D eigenvalue weighted by Gasteiger charge is -2.27. The van der Waals surface area contributed by atoms with Gasteiger partial charge in [-0.3, -0.25) is 19.2 Å². The van der Waals surface area contributed by atoms with Gasteiger partial charge in [0.2, 0.25) is 17.7 Å². The number of para-hydroxylation sites is 1. The van der Waals surface area contributed by atoms with Crippen molar-refractivity contribution in [3.63, 3.8) is 0 Å². The SMILES string of the molecule is CC(C)C(NC(=O)C(Cc1c[nH]c2ccccc12)NC(=O)C(N)CCCCN)C(=O)NC(CCC(=O)O)C(=O)O. The molecule has 1 heterocycles. The average molecular weight is 561 g/mol. The zero-order valence-electron chi connectivity index (χ0n) is 22.8. The summed E-state index contributed by atoms with van der Waals surface area (Å²) in [6.07, 6.45) is 2.79. The highest BCUT2D eigenvalue weighted by atomic mass is 16.4. The zero-order chi connectivity index (χ0) is 29.8. The van der Waals surface area contributed by atoms with Crippen LogP contribution in [0.4, 0.5) is 0 Å². The second kappa shape index (κ2) is 15.6. The molecular formula is C27H40N6O7. The fourth-order valence-electron chi connectivity index (χ4n) is 4.22. The van der Waals surface area contributed by atoms with E-state index >= 15 is 0 Å². The Balaban J connectivity index is 2.24. The van der Waals surface area contributed by atoms with Crippen LogP contribution in [-0.2, 0) is 30.4 Å². The van der Waals surface area contributed by atoms with Crippen LogP contribution in [0, 0.1) is 5.92 Å². The van der Waals surface area contributed by atoms with E-state index in [0.29, 0.717) is 25.8 Å². The van der Waals surface area contributed by atoms with Crippen LogP contribution >= 0.6 is 0 Å². The molecule has 4 unspecified atom stereocenters. The highest BCUT2D eigenvalue weighted by molar-refractivity contribution is 5.95. The first-order valence-corrected chi connectivity index (χ1v) is 13.3. The molecule has 0 fully saturated rings. The zero-order valence-corrected chi connectivity index (χ0v) is 22.8. The predicted octanol–water partition coefficient (Wildman–Crippen LogP) is 0.227. The minimum atomic E-state index is -1.45. The molecule has 4 atom stereocenters. The van der Waals surface area contributed by atoms with Gasteiger partial charge in [0.05, 0.1) is 6.04 Å². The first-order valence-electron chi connectivity index (χ1n) is 13.3. The minimum Gasteiger partial charge on any atom is -0.481 e. The number of carbonyl (C=O) groups excluding carboxylic acids is 3. The number of carboxylic acid groups (broad SMARTS) is 2. The first-order chi connectivity index (χ1) is 18.9. The molecule has 0 saturated carbocycles. The fourth-order valence-corrected chi connectivity index (χ4v) is 4.22. The summed E-state index contributed by atoms with van der Waals surface area (Å²) in [6.45, 7) is 3.80. The Hall–Kier alpha value is -3.97. The molecule has 40 heavy (non-hydrogen) atoms. The molecule has 10 N–H and O–H groups in total. The van der Waals surface area contributed by atoms with Crippen molar-refractivity contribution < 1.29 is 34.2 Å². The number of rotatable bonds is 17. The molecule has 0 aliphatic carbocycles. The van der Waals surface area contributed by atoms with Gasteiger partial charge in [0.15, 0.2) is 0 Å². The highest BCUT2D eigenvalue weighted by Gasteiger charge is 2.32. The van der Waals surface area contributed by atoms with E-state index in [2.05, 4.69) is 20.9 Å². The maximum atomic E-state index is 13.5. The van der Waals surface area contributed by atoms with Crippen LogP contribution < -0.4 is 27.4 Å². The van der Waals surface area contributed by atoms with Gasteiger partial charge in [-0.2, -0.15) is 0 Å². The normalized spacial score (nSPS) is 14.2. The number of carboxylic acids is 2. The molecule has 1 aromatic heterocycles. The van der Waals surface area contributed by atoms with Crippen LogP contribution in [-0.4, -0.2) is 75.6 Å². The summed E-state index contributed by atoms with van der Waals surface area (Å²) >= 11 is 0. The maximum Gasteiger partial charge on any atom is 0.326 e. The quantitative estimate of drug-likeness (QED) is 0.124. The van der Waals surface area contributed by atoms with Crippen LogP contribution in [0.15, 0.2) is 30.5 Å². The summed E-state index contributed by atoms with van der Waals surface area (Å²) in [6, 6.07) is 2.91. The van der Waals surface area contributed by atoms with Crippen LogP contribution in [0.3, 0.4) is 0 Å². The summed E-state index contributed by atoms with van der Waals surface area (Å²) in [7, 11) is 0. The van der Waals surface area contributed by atoms with E-state index in [1.807, 2.05) is 24.3 Å². The van der Waals surface area contributed by atoms with Gasteiger partial charge in [0.25, 0.3) is 0 Å². The number of nitrogens with two attached hydrogens (primary N) is 2. The number of nitrogens with one attached hydrogen (secondary N) is 4. The van der Waals surface area contributed by atoms with E-state index in [1.54, 1.807) is 20.0 Å². The Kier molecular flexibility index (Phi) is 12.6. The standard InChI is InChI=1S/C27H40N6O7/c1-15(2)23(26(38)31-20(27(39)40)10-11-22(34)35)33-25(37)21(32-24(36)18(29)8-5-6-12-28)13-16-14-30-19-9-4-3-7-17(16)19/h3-4,7,9,14-15,18,20-21,23,30H,5-6,8,10-13,28-29H2,1-2H3,(H,31,38)(H,32,36)(H,33,37)(H,34,35)(H,39,40). The van der Waals surface area contributed by atoms with Crippen molar-refractivity contribution >= 4 is 40.6 Å². The van der Waals surface area contributed by atoms with Crippen molar-refractivity contribution in [3.8, 4) is 0 Å². The van der Waals surface area contributed by atoms with Crippen LogP contribution in [0.2, 0.25) is 0 Å². The van der Waals surface area contributed by atoms with Gasteiger partial charge in [-0.1, -0.05) is 38.5 Å². The number of amides is 3. The summed E-state index contributed by atoms with van der Waals surface area (Å²) in [5.41, 5.74) is 13.2. The number of hydrogen-bond donors (Lipinski definition) is 8. The summed E-state index contributed by atoms with van der Waals surface area (Å²) < 4.78 is 0. The summed E-state index contributed by atoms with van der Waals surface area (Å²) in [5, 5.41) is 26.8. The van der Waals surface area contributed by atoms with Crippen LogP contribution in [0.25, 0.3) is 10.9 Å². The molecule has 13 nitrogen and oxygen atoms in total. The van der Waals surface area contributed by atoms with Crippen LogP contribution in [0.1, 0.15) is 51.5 Å². The minimum absolute atomic E-state index is 0.0971. The van der Waals surface area contributed by atoms with Crippen molar-refractivity contribution in [2.45, 2.75) is 76.5 Å². The third-order valence-corrected chi connectivity index (χ3v) is 6.55. The van der Waals surface area contributed by atoms with E-state index in [9.17, 15) is 29.1 Å². The number of H-pyrrole nitrogens is 1. The van der Waals surface area contributed by atoms with Gasteiger partial charge in [-0.25, -0.2) is 4.79 Å². The Labute approximate surface area is 232 Å². The average Bonchev–Trinajstić information content (AvgIpc) is 3.31. The second-order valence-corrected chi connectivity index (χ2v) is 10.1. The predicted molar refractivity (Wildman–Crippen MR) is 148 cm³/mol. The molecule has 3 amide bonds. The molecule has 0 radical (unpaired) electrons. The molecule has 13 heteroatoms. The molecular weight excluding hydrogens is 520 g/mol. The lowest BCUT2D eigenvalue weighted by atomic mass is 9.99. The van der Waals surface area contributed by atoms with E-state index in [4.69, 9.17) is 16.6 Å². The second-order valence-electron chi connectivity index (χ2n) is 10.1. The Morgan fingerprint density at radius 2 is 1.57 bits per heavy atom. The lowest BCUT2D eigenvalue weighted by Crippen LogP contribution is -2.58. The van der Waals surface area contributed by atoms with Gasteiger partial charge in [-0.15, -0.1) is 0 Å². The van der Waals surface area contributed by atoms with Crippen LogP contribution in [0.5, 0.6) is 0 Å². The molecule has 2 aromatic rings. The maximum absolute atomic E-state index is 13.5. The third-order valence-electron chi connectivity index (χ3n) is 6.55. The van der Waals surface area contributed by atoms with E-state index in [1.165, 1.54) is 0 Å². The van der Waals surface area contributed by atoms with Gasteiger partial charge >= 0.3 is 11.9 Å². The summed E-state index contributed by atoms with van der Waals surface area (Å²) in [4.78, 5) is 65.0. The smallest absolute Gasteiger partial charge is 0.326 e. The number of hydrogen-bond acceptors (Lipinski definition) is 7. The van der Waals surface area contributed by atoms with Crippen molar-refractivity contribution in [2.24, 2.45) is 17.4 Å². The van der Waals surface area contributed by atoms with E-state index in [-0.39, 0.29) is 12.8 Å². The molecule has 1 aromatic carbocycles. The largest absolute Gasteiger partial charge is 0.481 e. The molecule has 0 bridgehead atoms. The number of aromatic nitrogens is 1. The molecule has 220 valence electrons. The van der Waals surface area contributed by atoms with Crippen molar-refractivity contribution in [2.75, 3.05) is 6.54 Å². The molecule has 0 aliphatic rings. The molecule has 0 spiro atoms. The van der Waals surface area contributed by atoms with Gasteiger partial charge in [0, 0.05) is 29.9 Å². The Bertz CT molecular complexity index is 1180.